The molecule has 0 aromatic carbocycles. The van der Waals surface area contributed by atoms with Crippen LogP contribution in [0.15, 0.2) is 0 Å². The van der Waals surface area contributed by atoms with Gasteiger partial charge in [-0.3, -0.25) is 4.79 Å². The number of piperidine rings is 1. The Balaban J connectivity index is 1.78. The van der Waals surface area contributed by atoms with Crippen molar-refractivity contribution in [3.8, 4) is 0 Å². The Labute approximate surface area is 117 Å². The fraction of sp³-hybridized carbons (Fsp3) is 0.933. The molecule has 1 amide bonds. The SMILES string of the molecule is CCN1CCN(C(=O)C2CCN(C(C)C)CC2)CC1. The molecule has 2 saturated heterocycles. The smallest absolute Gasteiger partial charge is 0.225 e. The Morgan fingerprint density at radius 1 is 1.05 bits per heavy atom. The van der Waals surface area contributed by atoms with Crippen LogP contribution in [0.3, 0.4) is 0 Å². The molecule has 2 aliphatic heterocycles. The molecule has 0 aromatic rings. The number of nitrogens with zero attached hydrogens (tertiary/aromatic N) is 3. The third kappa shape index (κ3) is 3.69. The lowest BCUT2D eigenvalue weighted by molar-refractivity contribution is -0.139. The van der Waals surface area contributed by atoms with Crippen LogP contribution in [0.4, 0.5) is 0 Å². The van der Waals surface area contributed by atoms with Gasteiger partial charge in [0.25, 0.3) is 0 Å². The summed E-state index contributed by atoms with van der Waals surface area (Å²) in [4.78, 5) is 19.5. The van der Waals surface area contributed by atoms with Gasteiger partial charge in [0.1, 0.15) is 0 Å². The molecule has 0 N–H and O–H groups in total. The van der Waals surface area contributed by atoms with Crippen LogP contribution in [0.5, 0.6) is 0 Å². The number of rotatable bonds is 3. The van der Waals surface area contributed by atoms with Crippen LogP contribution in [0, 0.1) is 5.92 Å². The Morgan fingerprint density at radius 3 is 2.11 bits per heavy atom. The second kappa shape index (κ2) is 6.71. The fourth-order valence-corrected chi connectivity index (χ4v) is 3.21. The number of hydrogen-bond acceptors (Lipinski definition) is 3. The predicted octanol–water partition coefficient (Wildman–Crippen LogP) is 1.27. The first-order chi connectivity index (χ1) is 9.11. The van der Waals surface area contributed by atoms with Crippen molar-refractivity contribution in [3.05, 3.63) is 0 Å². The number of likely N-dealkylation sites (tertiary alicyclic amines) is 1. The van der Waals surface area contributed by atoms with Crippen molar-refractivity contribution < 1.29 is 4.79 Å². The minimum Gasteiger partial charge on any atom is -0.340 e. The van der Waals surface area contributed by atoms with E-state index in [2.05, 4.69) is 35.5 Å². The lowest BCUT2D eigenvalue weighted by Crippen LogP contribution is -2.51. The van der Waals surface area contributed by atoms with Gasteiger partial charge in [0.05, 0.1) is 0 Å². The highest BCUT2D eigenvalue weighted by atomic mass is 16.2. The van der Waals surface area contributed by atoms with E-state index in [-0.39, 0.29) is 5.92 Å². The molecule has 2 heterocycles. The highest BCUT2D eigenvalue weighted by Gasteiger charge is 2.30. The summed E-state index contributed by atoms with van der Waals surface area (Å²) in [5.41, 5.74) is 0. The molecule has 19 heavy (non-hydrogen) atoms. The molecule has 4 nitrogen and oxygen atoms in total. The van der Waals surface area contributed by atoms with Crippen LogP contribution in [0.25, 0.3) is 0 Å². The Bertz CT molecular complexity index is 290. The van der Waals surface area contributed by atoms with Crippen LogP contribution < -0.4 is 0 Å². The minimum atomic E-state index is 0.281. The van der Waals surface area contributed by atoms with Crippen LogP contribution in [-0.4, -0.2) is 72.5 Å². The Morgan fingerprint density at radius 2 is 1.63 bits per heavy atom. The molecule has 0 unspecified atom stereocenters. The molecule has 4 heteroatoms. The zero-order chi connectivity index (χ0) is 13.8. The molecule has 2 aliphatic rings. The molecular weight excluding hydrogens is 238 g/mol. The normalized spacial score (nSPS) is 24.1. The third-order valence-electron chi connectivity index (χ3n) is 4.74. The molecule has 0 saturated carbocycles. The molecule has 2 fully saturated rings. The maximum absolute atomic E-state index is 12.5. The summed E-state index contributed by atoms with van der Waals surface area (Å²) in [7, 11) is 0. The van der Waals surface area contributed by atoms with Gasteiger partial charge in [0.15, 0.2) is 0 Å². The Kier molecular flexibility index (Phi) is 5.22. The maximum Gasteiger partial charge on any atom is 0.225 e. The summed E-state index contributed by atoms with van der Waals surface area (Å²) in [5.74, 6) is 0.697. The lowest BCUT2D eigenvalue weighted by atomic mass is 9.94. The van der Waals surface area contributed by atoms with Crippen LogP contribution in [0.2, 0.25) is 0 Å². The van der Waals surface area contributed by atoms with E-state index in [9.17, 15) is 4.79 Å². The Hall–Kier alpha value is -0.610. The van der Waals surface area contributed by atoms with E-state index in [0.717, 1.165) is 58.7 Å². The third-order valence-corrected chi connectivity index (χ3v) is 4.74. The molecule has 110 valence electrons. The van der Waals surface area contributed by atoms with Gasteiger partial charge in [-0.2, -0.15) is 0 Å². The van der Waals surface area contributed by atoms with E-state index >= 15 is 0 Å². The summed E-state index contributed by atoms with van der Waals surface area (Å²) in [6.45, 7) is 13.9. The van der Waals surface area contributed by atoms with Crippen molar-refractivity contribution in [3.63, 3.8) is 0 Å². The van der Waals surface area contributed by atoms with Gasteiger partial charge in [0, 0.05) is 38.1 Å². The lowest BCUT2D eigenvalue weighted by Gasteiger charge is -2.39. The second-order valence-electron chi connectivity index (χ2n) is 6.16. The first-order valence-corrected chi connectivity index (χ1v) is 7.87. The van der Waals surface area contributed by atoms with Crippen molar-refractivity contribution >= 4 is 5.91 Å². The van der Waals surface area contributed by atoms with Crippen LogP contribution in [0.1, 0.15) is 33.6 Å². The fourth-order valence-electron chi connectivity index (χ4n) is 3.21. The number of hydrogen-bond donors (Lipinski definition) is 0. The van der Waals surface area contributed by atoms with E-state index in [1.54, 1.807) is 0 Å². The van der Waals surface area contributed by atoms with Gasteiger partial charge < -0.3 is 14.7 Å². The summed E-state index contributed by atoms with van der Waals surface area (Å²) in [5, 5.41) is 0. The molecule has 0 radical (unpaired) electrons. The zero-order valence-electron chi connectivity index (χ0n) is 12.8. The van der Waals surface area contributed by atoms with E-state index in [1.807, 2.05) is 0 Å². The van der Waals surface area contributed by atoms with Gasteiger partial charge in [-0.15, -0.1) is 0 Å². The quantitative estimate of drug-likeness (QED) is 0.770. The van der Waals surface area contributed by atoms with Gasteiger partial charge in [-0.1, -0.05) is 6.92 Å². The monoisotopic (exact) mass is 267 g/mol. The largest absolute Gasteiger partial charge is 0.340 e. The average Bonchev–Trinajstić information content (AvgIpc) is 2.46. The van der Waals surface area contributed by atoms with Gasteiger partial charge in [-0.25, -0.2) is 0 Å². The number of amides is 1. The number of carbonyl (C=O) groups is 1. The molecule has 0 spiro atoms. The van der Waals surface area contributed by atoms with Crippen molar-refractivity contribution in [2.75, 3.05) is 45.8 Å². The molecule has 0 bridgehead atoms. The standard InChI is InChI=1S/C15H29N3O/c1-4-16-9-11-18(12-10-16)15(19)14-5-7-17(8-6-14)13(2)3/h13-14H,4-12H2,1-3H3. The van der Waals surface area contributed by atoms with E-state index in [0.29, 0.717) is 11.9 Å². The molecule has 0 aromatic heterocycles. The summed E-state index contributed by atoms with van der Waals surface area (Å²) < 4.78 is 0. The highest BCUT2D eigenvalue weighted by Crippen LogP contribution is 2.21. The summed E-state index contributed by atoms with van der Waals surface area (Å²) in [6, 6.07) is 0.615. The molecule has 0 atom stereocenters. The van der Waals surface area contributed by atoms with Crippen molar-refractivity contribution in [2.24, 2.45) is 5.92 Å². The second-order valence-corrected chi connectivity index (χ2v) is 6.16. The van der Waals surface area contributed by atoms with E-state index in [1.165, 1.54) is 0 Å². The topological polar surface area (TPSA) is 26.8 Å². The van der Waals surface area contributed by atoms with Crippen molar-refractivity contribution in [1.82, 2.24) is 14.7 Å². The minimum absolute atomic E-state index is 0.281. The number of likely N-dealkylation sites (N-methyl/N-ethyl adjacent to an activating group) is 1. The number of piperazine rings is 1. The average molecular weight is 267 g/mol. The predicted molar refractivity (Wildman–Crippen MR) is 78.1 cm³/mol. The van der Waals surface area contributed by atoms with Crippen LogP contribution in [-0.2, 0) is 4.79 Å². The van der Waals surface area contributed by atoms with Gasteiger partial charge in [-0.05, 0) is 46.3 Å². The maximum atomic E-state index is 12.5. The van der Waals surface area contributed by atoms with E-state index < -0.39 is 0 Å². The van der Waals surface area contributed by atoms with Crippen LogP contribution >= 0.6 is 0 Å². The van der Waals surface area contributed by atoms with Gasteiger partial charge >= 0.3 is 0 Å². The van der Waals surface area contributed by atoms with Gasteiger partial charge in [0.2, 0.25) is 5.91 Å². The molecular formula is C15H29N3O. The zero-order valence-corrected chi connectivity index (χ0v) is 12.8. The molecule has 0 aliphatic carbocycles. The number of carbonyl (C=O) groups excluding carboxylic acids is 1. The highest BCUT2D eigenvalue weighted by molar-refractivity contribution is 5.79. The van der Waals surface area contributed by atoms with Crippen molar-refractivity contribution in [1.29, 1.82) is 0 Å². The van der Waals surface area contributed by atoms with Crippen molar-refractivity contribution in [2.45, 2.75) is 39.7 Å². The first-order valence-electron chi connectivity index (χ1n) is 7.87. The first kappa shape index (κ1) is 14.8. The summed E-state index contributed by atoms with van der Waals surface area (Å²) in [6.07, 6.45) is 2.09. The van der Waals surface area contributed by atoms with E-state index in [4.69, 9.17) is 0 Å². The summed E-state index contributed by atoms with van der Waals surface area (Å²) >= 11 is 0. The molecule has 2 rings (SSSR count).